The van der Waals surface area contributed by atoms with Gasteiger partial charge in [0.15, 0.2) is 0 Å². The minimum atomic E-state index is -1.20. The fourth-order valence-electron chi connectivity index (χ4n) is 1.76. The Morgan fingerprint density at radius 3 is 2.04 bits per heavy atom. The maximum atomic E-state index is 11.4. The first-order valence-corrected chi connectivity index (χ1v) is 8.82. The van der Waals surface area contributed by atoms with Crippen molar-refractivity contribution in [3.05, 3.63) is 0 Å². The molecular weight excluding hydrogens is 360 g/mol. The van der Waals surface area contributed by atoms with Crippen LogP contribution in [0, 0.1) is 0 Å². The quantitative estimate of drug-likeness (QED) is 0.360. The topological polar surface area (TPSA) is 182 Å². The monoisotopic (exact) mass is 391 g/mol. The van der Waals surface area contributed by atoms with Crippen molar-refractivity contribution in [1.29, 1.82) is 0 Å². The van der Waals surface area contributed by atoms with Gasteiger partial charge in [-0.05, 0) is 25.7 Å². The molecule has 10 heteroatoms. The molecule has 0 saturated carbocycles. The summed E-state index contributed by atoms with van der Waals surface area (Å²) in [6.07, 6.45) is 2.34. The second-order valence-electron chi connectivity index (χ2n) is 5.85. The Morgan fingerprint density at radius 1 is 1.04 bits per heavy atom. The number of carboxylic acid groups (broad SMARTS) is 2. The number of esters is 2. The van der Waals surface area contributed by atoms with E-state index in [0.717, 1.165) is 19.3 Å². The molecular formula is C17H31N2O8-. The van der Waals surface area contributed by atoms with Gasteiger partial charge in [-0.25, -0.2) is 0 Å². The minimum absolute atomic E-state index is 0.0583. The Bertz CT molecular complexity index is 470. The summed E-state index contributed by atoms with van der Waals surface area (Å²) < 4.78 is 9.64. The lowest BCUT2D eigenvalue weighted by Crippen LogP contribution is -2.36. The van der Waals surface area contributed by atoms with Crippen molar-refractivity contribution in [2.24, 2.45) is 11.5 Å². The fourth-order valence-corrected chi connectivity index (χ4v) is 1.76. The average molecular weight is 391 g/mol. The predicted molar refractivity (Wildman–Crippen MR) is 94.2 cm³/mol. The molecule has 0 aromatic carbocycles. The van der Waals surface area contributed by atoms with E-state index in [-0.39, 0.29) is 32.0 Å². The second kappa shape index (κ2) is 16.0. The van der Waals surface area contributed by atoms with Gasteiger partial charge in [0.1, 0.15) is 18.2 Å². The van der Waals surface area contributed by atoms with Gasteiger partial charge in [-0.1, -0.05) is 20.3 Å². The highest BCUT2D eigenvalue weighted by Crippen LogP contribution is 2.08. The van der Waals surface area contributed by atoms with Crippen molar-refractivity contribution in [2.75, 3.05) is 6.61 Å². The maximum absolute atomic E-state index is 11.4. The van der Waals surface area contributed by atoms with Crippen LogP contribution < -0.4 is 16.6 Å². The number of hydrogen-bond donors (Lipinski definition) is 3. The molecule has 0 rings (SSSR count). The third-order valence-corrected chi connectivity index (χ3v) is 3.36. The van der Waals surface area contributed by atoms with Crippen molar-refractivity contribution in [1.82, 2.24) is 0 Å². The number of carboxylic acids is 2. The normalized spacial score (nSPS) is 13.4. The van der Waals surface area contributed by atoms with Crippen molar-refractivity contribution in [3.8, 4) is 0 Å². The van der Waals surface area contributed by atoms with Gasteiger partial charge < -0.3 is 35.9 Å². The van der Waals surface area contributed by atoms with Crippen LogP contribution in [0.15, 0.2) is 0 Å². The van der Waals surface area contributed by atoms with Crippen LogP contribution in [0.25, 0.3) is 0 Å². The third kappa shape index (κ3) is 17.0. The predicted octanol–water partition coefficient (Wildman–Crippen LogP) is -0.683. The number of ether oxygens (including phenoxy) is 2. The molecule has 1 unspecified atom stereocenters. The van der Waals surface area contributed by atoms with E-state index in [9.17, 15) is 24.3 Å². The van der Waals surface area contributed by atoms with Gasteiger partial charge in [-0.15, -0.1) is 0 Å². The largest absolute Gasteiger partial charge is 0.550 e. The van der Waals surface area contributed by atoms with Gasteiger partial charge in [0.2, 0.25) is 0 Å². The minimum Gasteiger partial charge on any atom is -0.550 e. The molecule has 0 aromatic heterocycles. The van der Waals surface area contributed by atoms with E-state index in [0.29, 0.717) is 0 Å². The molecule has 0 heterocycles. The van der Waals surface area contributed by atoms with Crippen molar-refractivity contribution >= 4 is 23.9 Å². The van der Waals surface area contributed by atoms with E-state index in [1.807, 2.05) is 13.8 Å². The molecule has 0 aliphatic carbocycles. The van der Waals surface area contributed by atoms with E-state index in [2.05, 4.69) is 4.74 Å². The summed E-state index contributed by atoms with van der Waals surface area (Å²) in [5, 5.41) is 18.5. The smallest absolute Gasteiger partial charge is 0.323 e. The van der Waals surface area contributed by atoms with Crippen molar-refractivity contribution in [3.63, 3.8) is 0 Å². The molecule has 27 heavy (non-hydrogen) atoms. The Morgan fingerprint density at radius 2 is 1.63 bits per heavy atom. The van der Waals surface area contributed by atoms with E-state index in [4.69, 9.17) is 21.3 Å². The van der Waals surface area contributed by atoms with Crippen LogP contribution >= 0.6 is 0 Å². The summed E-state index contributed by atoms with van der Waals surface area (Å²) in [5.74, 6) is -3.25. The highest BCUT2D eigenvalue weighted by molar-refractivity contribution is 5.76. The maximum Gasteiger partial charge on any atom is 0.323 e. The number of aliphatic carboxylic acids is 2. The highest BCUT2D eigenvalue weighted by atomic mass is 16.5. The van der Waals surface area contributed by atoms with Gasteiger partial charge in [-0.3, -0.25) is 14.4 Å². The van der Waals surface area contributed by atoms with Gasteiger partial charge in [0, 0.05) is 19.3 Å². The zero-order valence-corrected chi connectivity index (χ0v) is 16.1. The van der Waals surface area contributed by atoms with E-state index in [1.165, 1.54) is 6.92 Å². The van der Waals surface area contributed by atoms with Crippen LogP contribution in [0.2, 0.25) is 0 Å². The lowest BCUT2D eigenvalue weighted by atomic mass is 10.1. The standard InChI is InChI=1S/C11H21NO4.C6H11NO4/c1-3-5-8(4-2)16-11(15)9(12)6-7-10(13)14;1-4(8)11-3-2-5(7)6(9)10/h8-9H,3-7,12H2,1-2H3,(H,13,14);5H,2-3,7H2,1H3,(H,9,10)/p-1/t8?,9-;5-/m00/s1. The van der Waals surface area contributed by atoms with Crippen LogP contribution in [0.4, 0.5) is 0 Å². The van der Waals surface area contributed by atoms with Crippen molar-refractivity contribution < 1.29 is 38.9 Å². The second-order valence-corrected chi connectivity index (χ2v) is 5.85. The fraction of sp³-hybridized carbons (Fsp3) is 0.765. The van der Waals surface area contributed by atoms with Crippen LogP contribution in [-0.4, -0.2) is 53.8 Å². The van der Waals surface area contributed by atoms with Gasteiger partial charge in [-0.2, -0.15) is 0 Å². The van der Waals surface area contributed by atoms with Crippen LogP contribution in [0.1, 0.15) is 59.3 Å². The molecule has 158 valence electrons. The lowest BCUT2D eigenvalue weighted by molar-refractivity contribution is -0.305. The molecule has 0 aromatic rings. The zero-order chi connectivity index (χ0) is 21.4. The van der Waals surface area contributed by atoms with E-state index < -0.39 is 36.0 Å². The van der Waals surface area contributed by atoms with E-state index >= 15 is 0 Å². The molecule has 0 bridgehead atoms. The molecule has 0 saturated heterocycles. The summed E-state index contributed by atoms with van der Waals surface area (Å²) in [4.78, 5) is 41.9. The molecule has 10 nitrogen and oxygen atoms in total. The third-order valence-electron chi connectivity index (χ3n) is 3.36. The Balaban J connectivity index is 0. The Labute approximate surface area is 159 Å². The summed E-state index contributed by atoms with van der Waals surface area (Å²) in [7, 11) is 0. The number of hydrogen-bond acceptors (Lipinski definition) is 9. The average Bonchev–Trinajstić information content (AvgIpc) is 2.58. The molecule has 3 atom stereocenters. The van der Waals surface area contributed by atoms with Crippen LogP contribution in [0.3, 0.4) is 0 Å². The van der Waals surface area contributed by atoms with Gasteiger partial charge in [0.25, 0.3) is 0 Å². The van der Waals surface area contributed by atoms with Gasteiger partial charge in [0.05, 0.1) is 6.61 Å². The molecule has 5 N–H and O–H groups in total. The van der Waals surface area contributed by atoms with Crippen LogP contribution in [0.5, 0.6) is 0 Å². The molecule has 0 radical (unpaired) electrons. The summed E-state index contributed by atoms with van der Waals surface area (Å²) in [6, 6.07) is -1.82. The van der Waals surface area contributed by atoms with Crippen molar-refractivity contribution in [2.45, 2.75) is 77.5 Å². The SMILES string of the molecule is CC(=O)OCC[C@H](N)C(=O)O.CCCC(CC)OC(=O)[C@@H](N)CCC(=O)[O-]. The summed E-state index contributed by atoms with van der Waals surface area (Å²) >= 11 is 0. The van der Waals surface area contributed by atoms with E-state index in [1.54, 1.807) is 0 Å². The first-order chi connectivity index (χ1) is 12.5. The Hall–Kier alpha value is -2.20. The zero-order valence-electron chi connectivity index (χ0n) is 16.1. The molecule has 0 fully saturated rings. The first kappa shape index (κ1) is 27.0. The van der Waals surface area contributed by atoms with Crippen LogP contribution in [-0.2, 0) is 28.7 Å². The first-order valence-electron chi connectivity index (χ1n) is 8.82. The number of carbonyl (C=O) groups is 4. The molecule has 0 aliphatic rings. The molecule has 0 amide bonds. The Kier molecular flexibility index (Phi) is 16.0. The highest BCUT2D eigenvalue weighted by Gasteiger charge is 2.18. The molecule has 0 spiro atoms. The summed E-state index contributed by atoms with van der Waals surface area (Å²) in [5.41, 5.74) is 10.6. The number of rotatable bonds is 12. The lowest BCUT2D eigenvalue weighted by Gasteiger charge is -2.18. The van der Waals surface area contributed by atoms with Gasteiger partial charge >= 0.3 is 17.9 Å². The number of carbonyl (C=O) groups excluding carboxylic acids is 3. The molecule has 0 aliphatic heterocycles. The summed E-state index contributed by atoms with van der Waals surface area (Å²) in [6.45, 7) is 5.25. The number of nitrogens with two attached hydrogens (primary N) is 2.